The second-order valence-electron chi connectivity index (χ2n) is 11.6. The van der Waals surface area contributed by atoms with E-state index in [9.17, 15) is 4.39 Å². The largest absolute Gasteiger partial charge is 0.381 e. The van der Waals surface area contributed by atoms with E-state index in [1.807, 2.05) is 19.2 Å². The molecule has 1 aromatic carbocycles. The molecule has 2 aromatic heterocycles. The summed E-state index contributed by atoms with van der Waals surface area (Å²) in [6.07, 6.45) is 6.54. The van der Waals surface area contributed by atoms with Crippen LogP contribution in [0.4, 0.5) is 10.2 Å². The third-order valence-corrected chi connectivity index (χ3v) is 8.23. The van der Waals surface area contributed by atoms with Crippen LogP contribution in [0, 0.1) is 24.1 Å². The molecule has 8 heteroatoms. The lowest BCUT2D eigenvalue weighted by Crippen LogP contribution is -2.72. The van der Waals surface area contributed by atoms with Gasteiger partial charge in [-0.3, -0.25) is 0 Å². The van der Waals surface area contributed by atoms with Crippen LogP contribution in [0.1, 0.15) is 55.2 Å². The van der Waals surface area contributed by atoms with Gasteiger partial charge in [0.25, 0.3) is 0 Å². The molecule has 0 atom stereocenters. The van der Waals surface area contributed by atoms with Crippen molar-refractivity contribution in [1.82, 2.24) is 20.0 Å². The monoisotopic (exact) mass is 505 g/mol. The van der Waals surface area contributed by atoms with Gasteiger partial charge in [-0.25, -0.2) is 14.4 Å². The molecule has 0 N–H and O–H groups in total. The summed E-state index contributed by atoms with van der Waals surface area (Å²) in [5.74, 6) is 2.44. The SMILES string of the molecule is Cc1noc(C(C)C)c1-c1cc(F)ccc1Cc1cncnc1N1CC2(CN(CC3CCOCC3)C2)C1. The van der Waals surface area contributed by atoms with E-state index in [1.54, 1.807) is 12.4 Å². The topological polar surface area (TPSA) is 67.5 Å². The van der Waals surface area contributed by atoms with Gasteiger partial charge in [-0.15, -0.1) is 0 Å². The zero-order valence-corrected chi connectivity index (χ0v) is 22.0. The summed E-state index contributed by atoms with van der Waals surface area (Å²) < 4.78 is 25.6. The molecule has 0 radical (unpaired) electrons. The molecule has 196 valence electrons. The maximum Gasteiger partial charge on any atom is 0.147 e. The summed E-state index contributed by atoms with van der Waals surface area (Å²) in [7, 11) is 0. The maximum absolute atomic E-state index is 14.4. The van der Waals surface area contributed by atoms with Gasteiger partial charge < -0.3 is 19.1 Å². The van der Waals surface area contributed by atoms with Crippen LogP contribution in [0.5, 0.6) is 0 Å². The molecule has 3 saturated heterocycles. The average molecular weight is 506 g/mol. The van der Waals surface area contributed by atoms with E-state index in [0.717, 1.165) is 71.7 Å². The quantitative estimate of drug-likeness (QED) is 0.455. The van der Waals surface area contributed by atoms with Crippen molar-refractivity contribution in [2.45, 2.75) is 46.0 Å². The van der Waals surface area contributed by atoms with E-state index >= 15 is 0 Å². The summed E-state index contributed by atoms with van der Waals surface area (Å²) in [6, 6.07) is 5.00. The lowest BCUT2D eigenvalue weighted by molar-refractivity contribution is -0.0430. The molecule has 5 heterocycles. The molecule has 3 aliphatic rings. The number of likely N-dealkylation sites (tertiary alicyclic amines) is 1. The number of halogens is 1. The Labute approximate surface area is 218 Å². The highest BCUT2D eigenvalue weighted by atomic mass is 19.1. The van der Waals surface area contributed by atoms with Crippen LogP contribution in [-0.2, 0) is 11.2 Å². The van der Waals surface area contributed by atoms with Crippen LogP contribution in [0.3, 0.4) is 0 Å². The van der Waals surface area contributed by atoms with Gasteiger partial charge in [0.05, 0.1) is 5.69 Å². The fraction of sp³-hybridized carbons (Fsp3) is 0.552. The fourth-order valence-corrected chi connectivity index (χ4v) is 6.45. The maximum atomic E-state index is 14.4. The molecule has 0 amide bonds. The van der Waals surface area contributed by atoms with Crippen molar-refractivity contribution in [1.29, 1.82) is 0 Å². The van der Waals surface area contributed by atoms with Crippen molar-refractivity contribution < 1.29 is 13.7 Å². The number of ether oxygens (including phenoxy) is 1. The van der Waals surface area contributed by atoms with E-state index in [4.69, 9.17) is 9.26 Å². The van der Waals surface area contributed by atoms with E-state index in [0.29, 0.717) is 11.8 Å². The lowest BCUT2D eigenvalue weighted by atomic mass is 9.72. The predicted molar refractivity (Wildman–Crippen MR) is 140 cm³/mol. The highest BCUT2D eigenvalue weighted by Crippen LogP contribution is 2.43. The zero-order valence-electron chi connectivity index (χ0n) is 22.0. The van der Waals surface area contributed by atoms with Crippen LogP contribution in [-0.4, -0.2) is 66.0 Å². The summed E-state index contributed by atoms with van der Waals surface area (Å²) in [6.45, 7) is 13.5. The summed E-state index contributed by atoms with van der Waals surface area (Å²) in [4.78, 5) is 14.0. The normalized spacial score (nSPS) is 19.9. The Bertz CT molecular complexity index is 1250. The molecule has 0 saturated carbocycles. The minimum atomic E-state index is -0.265. The number of benzene rings is 1. The number of hydrogen-bond acceptors (Lipinski definition) is 7. The molecule has 3 aliphatic heterocycles. The number of anilines is 1. The molecule has 0 aliphatic carbocycles. The van der Waals surface area contributed by atoms with Gasteiger partial charge in [-0.2, -0.15) is 0 Å². The number of hydrogen-bond donors (Lipinski definition) is 0. The van der Waals surface area contributed by atoms with Gasteiger partial charge in [0, 0.05) is 81.0 Å². The summed E-state index contributed by atoms with van der Waals surface area (Å²) >= 11 is 0. The smallest absolute Gasteiger partial charge is 0.147 e. The Kier molecular flexibility index (Phi) is 6.49. The van der Waals surface area contributed by atoms with E-state index < -0.39 is 0 Å². The first-order valence-electron chi connectivity index (χ1n) is 13.5. The molecule has 37 heavy (non-hydrogen) atoms. The first-order chi connectivity index (χ1) is 17.9. The first kappa shape index (κ1) is 24.5. The van der Waals surface area contributed by atoms with E-state index in [2.05, 4.69) is 38.8 Å². The third kappa shape index (κ3) is 4.77. The van der Waals surface area contributed by atoms with Crippen molar-refractivity contribution in [2.24, 2.45) is 11.3 Å². The first-order valence-corrected chi connectivity index (χ1v) is 13.5. The van der Waals surface area contributed by atoms with Gasteiger partial charge in [-0.1, -0.05) is 25.1 Å². The van der Waals surface area contributed by atoms with Gasteiger partial charge in [-0.05, 0) is 48.9 Å². The van der Waals surface area contributed by atoms with E-state index in [-0.39, 0.29) is 11.7 Å². The second-order valence-corrected chi connectivity index (χ2v) is 11.6. The molecule has 3 aromatic rings. The standard InChI is InChI=1S/C29H36FN5O2/c1-19(2)27-26(20(3)33-37-27)25-11-24(30)5-4-22(25)10-23-12-31-18-32-28(23)35-16-29(17-35)14-34(15-29)13-21-6-8-36-9-7-21/h4-5,11-12,18-19,21H,6-10,13-17H2,1-3H3. The van der Waals surface area contributed by atoms with Crippen molar-refractivity contribution >= 4 is 5.82 Å². The van der Waals surface area contributed by atoms with Gasteiger partial charge >= 0.3 is 0 Å². The van der Waals surface area contributed by atoms with Crippen LogP contribution < -0.4 is 4.90 Å². The van der Waals surface area contributed by atoms with Crippen molar-refractivity contribution in [2.75, 3.05) is 50.8 Å². The number of aryl methyl sites for hydroxylation is 1. The van der Waals surface area contributed by atoms with Crippen LogP contribution in [0.15, 0.2) is 35.2 Å². The Morgan fingerprint density at radius 2 is 1.89 bits per heavy atom. The Balaban J connectivity index is 1.18. The zero-order chi connectivity index (χ0) is 25.6. The van der Waals surface area contributed by atoms with Crippen LogP contribution in [0.25, 0.3) is 11.1 Å². The van der Waals surface area contributed by atoms with Crippen molar-refractivity contribution in [3.63, 3.8) is 0 Å². The Morgan fingerprint density at radius 3 is 2.65 bits per heavy atom. The Morgan fingerprint density at radius 1 is 1.11 bits per heavy atom. The predicted octanol–water partition coefficient (Wildman–Crippen LogP) is 4.84. The molecule has 3 fully saturated rings. The minimum absolute atomic E-state index is 0.147. The van der Waals surface area contributed by atoms with Crippen molar-refractivity contribution in [3.05, 3.63) is 59.1 Å². The third-order valence-electron chi connectivity index (χ3n) is 8.23. The fourth-order valence-electron chi connectivity index (χ4n) is 6.45. The Hall–Kier alpha value is -2.84. The molecular formula is C29H36FN5O2. The van der Waals surface area contributed by atoms with Gasteiger partial charge in [0.1, 0.15) is 23.7 Å². The van der Waals surface area contributed by atoms with Gasteiger partial charge in [0.15, 0.2) is 0 Å². The molecule has 0 bridgehead atoms. The molecule has 1 spiro atoms. The number of aromatic nitrogens is 3. The average Bonchev–Trinajstić information content (AvgIpc) is 3.23. The van der Waals surface area contributed by atoms with Crippen LogP contribution in [0.2, 0.25) is 0 Å². The number of rotatable bonds is 7. The lowest BCUT2D eigenvalue weighted by Gasteiger charge is -2.61. The van der Waals surface area contributed by atoms with Crippen LogP contribution >= 0.6 is 0 Å². The molecule has 0 unspecified atom stereocenters. The summed E-state index contributed by atoms with van der Waals surface area (Å²) in [5.41, 5.74) is 4.97. The number of nitrogens with zero attached hydrogens (tertiary/aromatic N) is 5. The highest BCUT2D eigenvalue weighted by Gasteiger charge is 2.52. The highest BCUT2D eigenvalue weighted by molar-refractivity contribution is 5.72. The second kappa shape index (κ2) is 9.80. The van der Waals surface area contributed by atoms with Crippen molar-refractivity contribution in [3.8, 4) is 11.1 Å². The molecular weight excluding hydrogens is 469 g/mol. The summed E-state index contributed by atoms with van der Waals surface area (Å²) in [5, 5.41) is 4.19. The molecule has 7 nitrogen and oxygen atoms in total. The minimum Gasteiger partial charge on any atom is -0.381 e. The van der Waals surface area contributed by atoms with E-state index in [1.165, 1.54) is 38.5 Å². The molecule has 6 rings (SSSR count). The van der Waals surface area contributed by atoms with Gasteiger partial charge in [0.2, 0.25) is 0 Å².